The van der Waals surface area contributed by atoms with E-state index < -0.39 is 10.0 Å². The van der Waals surface area contributed by atoms with E-state index in [0.29, 0.717) is 11.3 Å². The van der Waals surface area contributed by atoms with Crippen molar-refractivity contribution in [2.45, 2.75) is 31.2 Å². The maximum absolute atomic E-state index is 12.5. The molecule has 0 aliphatic carbocycles. The lowest BCUT2D eigenvalue weighted by molar-refractivity contribution is 0.549. The second-order valence-corrected chi connectivity index (χ2v) is 7.50. The molecular formula is C16H18BrNO2S. The third-order valence-corrected chi connectivity index (χ3v) is 5.52. The van der Waals surface area contributed by atoms with Crippen molar-refractivity contribution in [2.75, 3.05) is 0 Å². The van der Waals surface area contributed by atoms with Crippen LogP contribution in [0, 0.1) is 6.92 Å². The van der Waals surface area contributed by atoms with Crippen molar-refractivity contribution in [1.29, 1.82) is 0 Å². The molecule has 0 radical (unpaired) electrons. The first-order valence-electron chi connectivity index (χ1n) is 6.77. The molecule has 0 heterocycles. The number of hydrogen-bond donors (Lipinski definition) is 1. The van der Waals surface area contributed by atoms with E-state index in [1.807, 2.05) is 37.3 Å². The monoisotopic (exact) mass is 367 g/mol. The first kappa shape index (κ1) is 16.2. The van der Waals surface area contributed by atoms with Gasteiger partial charge in [0.2, 0.25) is 10.0 Å². The van der Waals surface area contributed by atoms with E-state index in [0.717, 1.165) is 15.6 Å². The largest absolute Gasteiger partial charge is 0.241 e. The Morgan fingerprint density at radius 3 is 2.29 bits per heavy atom. The number of halogens is 1. The summed E-state index contributed by atoms with van der Waals surface area (Å²) in [4.78, 5) is 0.334. The molecule has 1 unspecified atom stereocenters. The maximum Gasteiger partial charge on any atom is 0.241 e. The van der Waals surface area contributed by atoms with Gasteiger partial charge in [0.1, 0.15) is 0 Å². The average Bonchev–Trinajstić information content (AvgIpc) is 2.46. The van der Waals surface area contributed by atoms with E-state index in [1.165, 1.54) is 0 Å². The summed E-state index contributed by atoms with van der Waals surface area (Å²) in [5.41, 5.74) is 1.70. The van der Waals surface area contributed by atoms with Crippen molar-refractivity contribution in [3.05, 3.63) is 64.1 Å². The molecule has 0 amide bonds. The summed E-state index contributed by atoms with van der Waals surface area (Å²) in [7, 11) is -3.52. The van der Waals surface area contributed by atoms with Crippen LogP contribution in [0.2, 0.25) is 0 Å². The maximum atomic E-state index is 12.5. The van der Waals surface area contributed by atoms with Gasteiger partial charge >= 0.3 is 0 Å². The normalized spacial score (nSPS) is 13.1. The summed E-state index contributed by atoms with van der Waals surface area (Å²) < 4.78 is 28.9. The van der Waals surface area contributed by atoms with Gasteiger partial charge in [0.05, 0.1) is 4.90 Å². The molecule has 1 N–H and O–H groups in total. The summed E-state index contributed by atoms with van der Waals surface area (Å²) in [6.07, 6.45) is 0.687. The zero-order valence-corrected chi connectivity index (χ0v) is 14.4. The fraction of sp³-hybridized carbons (Fsp3) is 0.250. The number of hydrogen-bond acceptors (Lipinski definition) is 2. The van der Waals surface area contributed by atoms with Crippen LogP contribution in [0.3, 0.4) is 0 Å². The van der Waals surface area contributed by atoms with Gasteiger partial charge in [-0.3, -0.25) is 0 Å². The number of sulfonamides is 1. The summed E-state index contributed by atoms with van der Waals surface area (Å²) in [6, 6.07) is 14.5. The van der Waals surface area contributed by atoms with E-state index in [9.17, 15) is 8.42 Å². The first-order valence-corrected chi connectivity index (χ1v) is 9.05. The predicted octanol–water partition coefficient (Wildman–Crippen LogP) is 4.19. The quantitative estimate of drug-likeness (QED) is 0.860. The molecular weight excluding hydrogens is 350 g/mol. The fourth-order valence-corrected chi connectivity index (χ4v) is 4.01. The van der Waals surface area contributed by atoms with Gasteiger partial charge in [-0.1, -0.05) is 53.2 Å². The lowest BCUT2D eigenvalue weighted by Gasteiger charge is -2.18. The third-order valence-electron chi connectivity index (χ3n) is 3.36. The Hall–Kier alpha value is -1.17. The Labute approximate surface area is 134 Å². The molecule has 3 nitrogen and oxygen atoms in total. The van der Waals surface area contributed by atoms with Crippen LogP contribution < -0.4 is 4.72 Å². The minimum atomic E-state index is -3.52. The molecule has 2 rings (SSSR count). The highest BCUT2D eigenvalue weighted by atomic mass is 79.9. The molecule has 112 valence electrons. The molecule has 0 bridgehead atoms. The van der Waals surface area contributed by atoms with Crippen LogP contribution in [0.4, 0.5) is 0 Å². The summed E-state index contributed by atoms with van der Waals surface area (Å²) in [5, 5.41) is 0. The molecule has 0 aliphatic rings. The smallest absolute Gasteiger partial charge is 0.207 e. The number of nitrogens with one attached hydrogen (secondary N) is 1. The van der Waals surface area contributed by atoms with Gasteiger partial charge in [-0.25, -0.2) is 13.1 Å². The zero-order chi connectivity index (χ0) is 15.5. The van der Waals surface area contributed by atoms with Crippen LogP contribution in [0.25, 0.3) is 0 Å². The van der Waals surface area contributed by atoms with E-state index in [-0.39, 0.29) is 6.04 Å². The predicted molar refractivity (Wildman–Crippen MR) is 88.7 cm³/mol. The minimum absolute atomic E-state index is 0.234. The van der Waals surface area contributed by atoms with Gasteiger partial charge in [0, 0.05) is 10.5 Å². The molecule has 0 aromatic heterocycles. The Morgan fingerprint density at radius 1 is 1.10 bits per heavy atom. The highest BCUT2D eigenvalue weighted by Crippen LogP contribution is 2.23. The highest BCUT2D eigenvalue weighted by Gasteiger charge is 2.21. The highest BCUT2D eigenvalue weighted by molar-refractivity contribution is 9.10. The van der Waals surface area contributed by atoms with Crippen LogP contribution in [0.5, 0.6) is 0 Å². The standard InChI is InChI=1S/C16H18BrNO2S/c1-3-15(13-8-10-14(17)11-9-13)18-21(19,20)16-7-5-4-6-12(16)2/h4-11,15,18H,3H2,1-2H3. The van der Waals surface area contributed by atoms with E-state index in [4.69, 9.17) is 0 Å². The molecule has 0 saturated heterocycles. The fourth-order valence-electron chi connectivity index (χ4n) is 2.19. The molecule has 2 aromatic rings. The van der Waals surface area contributed by atoms with Gasteiger partial charge in [-0.15, -0.1) is 0 Å². The summed E-state index contributed by atoms with van der Waals surface area (Å²) >= 11 is 3.39. The van der Waals surface area contributed by atoms with Gasteiger partial charge in [0.15, 0.2) is 0 Å². The van der Waals surface area contributed by atoms with E-state index in [1.54, 1.807) is 25.1 Å². The van der Waals surface area contributed by atoms with Crippen molar-refractivity contribution >= 4 is 26.0 Å². The molecule has 2 aromatic carbocycles. The average molecular weight is 368 g/mol. The molecule has 1 atom stereocenters. The SMILES string of the molecule is CCC(NS(=O)(=O)c1ccccc1C)c1ccc(Br)cc1. The first-order chi connectivity index (χ1) is 9.94. The van der Waals surface area contributed by atoms with Crippen LogP contribution in [-0.4, -0.2) is 8.42 Å². The Balaban J connectivity index is 2.30. The third kappa shape index (κ3) is 3.93. The zero-order valence-electron chi connectivity index (χ0n) is 12.0. The summed E-state index contributed by atoms with van der Waals surface area (Å²) in [6.45, 7) is 3.77. The molecule has 21 heavy (non-hydrogen) atoms. The molecule has 0 fully saturated rings. The van der Waals surface area contributed by atoms with Crippen LogP contribution in [0.15, 0.2) is 57.9 Å². The van der Waals surface area contributed by atoms with Crippen LogP contribution in [0.1, 0.15) is 30.5 Å². The Morgan fingerprint density at radius 2 is 1.71 bits per heavy atom. The van der Waals surface area contributed by atoms with Crippen LogP contribution in [-0.2, 0) is 10.0 Å². The van der Waals surface area contributed by atoms with E-state index >= 15 is 0 Å². The second-order valence-electron chi connectivity index (χ2n) is 4.90. The number of rotatable bonds is 5. The number of aryl methyl sites for hydroxylation is 1. The van der Waals surface area contributed by atoms with Crippen molar-refractivity contribution in [3.63, 3.8) is 0 Å². The van der Waals surface area contributed by atoms with Gasteiger partial charge in [-0.2, -0.15) is 0 Å². The Kier molecular flexibility index (Phi) is 5.19. The molecule has 0 saturated carbocycles. The molecule has 0 spiro atoms. The second kappa shape index (κ2) is 6.73. The van der Waals surface area contributed by atoms with Crippen molar-refractivity contribution in [3.8, 4) is 0 Å². The number of benzene rings is 2. The van der Waals surface area contributed by atoms with Gasteiger partial charge in [0.25, 0.3) is 0 Å². The van der Waals surface area contributed by atoms with Crippen molar-refractivity contribution in [2.24, 2.45) is 0 Å². The van der Waals surface area contributed by atoms with Crippen molar-refractivity contribution < 1.29 is 8.42 Å². The minimum Gasteiger partial charge on any atom is -0.207 e. The lowest BCUT2D eigenvalue weighted by atomic mass is 10.1. The lowest BCUT2D eigenvalue weighted by Crippen LogP contribution is -2.28. The topological polar surface area (TPSA) is 46.2 Å². The van der Waals surface area contributed by atoms with Crippen molar-refractivity contribution in [1.82, 2.24) is 4.72 Å². The van der Waals surface area contributed by atoms with Crippen LogP contribution >= 0.6 is 15.9 Å². The molecule has 5 heteroatoms. The Bertz CT molecular complexity index is 711. The van der Waals surface area contributed by atoms with Gasteiger partial charge in [-0.05, 0) is 42.7 Å². The van der Waals surface area contributed by atoms with E-state index in [2.05, 4.69) is 20.7 Å². The summed E-state index contributed by atoms with van der Waals surface area (Å²) in [5.74, 6) is 0. The molecule has 0 aliphatic heterocycles. The van der Waals surface area contributed by atoms with Gasteiger partial charge < -0.3 is 0 Å².